The van der Waals surface area contributed by atoms with Crippen LogP contribution in [0.5, 0.6) is 0 Å². The molecule has 0 atom stereocenters. The summed E-state index contributed by atoms with van der Waals surface area (Å²) in [5.41, 5.74) is 1.42. The molecule has 124 valence electrons. The minimum atomic E-state index is -0.375. The maximum absolute atomic E-state index is 13.0. The fourth-order valence-electron chi connectivity index (χ4n) is 2.53. The van der Waals surface area contributed by atoms with Gasteiger partial charge in [-0.25, -0.2) is 9.18 Å². The van der Waals surface area contributed by atoms with Crippen LogP contribution in [0, 0.1) is 5.82 Å². The molecule has 0 radical (unpaired) electrons. The molecule has 1 fully saturated rings. The lowest BCUT2D eigenvalue weighted by Gasteiger charge is -2.20. The zero-order chi connectivity index (χ0) is 17.3. The van der Waals surface area contributed by atoms with Crippen LogP contribution >= 0.6 is 11.6 Å². The first-order chi connectivity index (χ1) is 11.5. The number of rotatable bonds is 3. The van der Waals surface area contributed by atoms with E-state index in [9.17, 15) is 14.0 Å². The van der Waals surface area contributed by atoms with Gasteiger partial charge in [0.2, 0.25) is 0 Å². The van der Waals surface area contributed by atoms with E-state index in [0.717, 1.165) is 0 Å². The molecule has 0 unspecified atom stereocenters. The van der Waals surface area contributed by atoms with Crippen molar-refractivity contribution in [3.05, 3.63) is 58.9 Å². The third-order valence-electron chi connectivity index (χ3n) is 3.87. The molecule has 2 aromatic carbocycles. The minimum absolute atomic E-state index is 0.206. The predicted molar refractivity (Wildman–Crippen MR) is 91.3 cm³/mol. The topological polar surface area (TPSA) is 52.7 Å². The van der Waals surface area contributed by atoms with Crippen molar-refractivity contribution >= 4 is 34.9 Å². The zero-order valence-electron chi connectivity index (χ0n) is 12.9. The van der Waals surface area contributed by atoms with Crippen molar-refractivity contribution in [2.45, 2.75) is 0 Å². The largest absolute Gasteiger partial charge is 0.336 e. The molecule has 1 saturated heterocycles. The molecule has 1 N–H and O–H groups in total. The summed E-state index contributed by atoms with van der Waals surface area (Å²) in [5.74, 6) is -0.715. The van der Waals surface area contributed by atoms with E-state index in [1.807, 2.05) is 0 Å². The van der Waals surface area contributed by atoms with Gasteiger partial charge in [0.05, 0.1) is 10.6 Å². The summed E-state index contributed by atoms with van der Waals surface area (Å²) in [7, 11) is 1.58. The van der Waals surface area contributed by atoms with E-state index in [0.29, 0.717) is 24.5 Å². The van der Waals surface area contributed by atoms with E-state index in [4.69, 9.17) is 11.6 Å². The molecule has 0 aliphatic carbocycles. The summed E-state index contributed by atoms with van der Waals surface area (Å²) in [4.78, 5) is 27.4. The highest BCUT2D eigenvalue weighted by molar-refractivity contribution is 6.34. The first kappa shape index (κ1) is 16.3. The predicted octanol–water partition coefficient (Wildman–Crippen LogP) is 3.29. The molecule has 3 rings (SSSR count). The molecule has 2 aromatic rings. The molecule has 7 heteroatoms. The Hall–Kier alpha value is -2.60. The van der Waals surface area contributed by atoms with Crippen molar-refractivity contribution in [2.24, 2.45) is 0 Å². The lowest BCUT2D eigenvalue weighted by atomic mass is 10.1. The summed E-state index contributed by atoms with van der Waals surface area (Å²) in [5, 5.41) is 3.00. The number of hydrogen-bond acceptors (Lipinski definition) is 2. The van der Waals surface area contributed by atoms with Gasteiger partial charge in [0.25, 0.3) is 5.91 Å². The van der Waals surface area contributed by atoms with Gasteiger partial charge < -0.3 is 10.2 Å². The van der Waals surface area contributed by atoms with Gasteiger partial charge >= 0.3 is 6.03 Å². The van der Waals surface area contributed by atoms with Crippen LogP contribution < -0.4 is 15.1 Å². The third-order valence-corrected chi connectivity index (χ3v) is 4.20. The summed E-state index contributed by atoms with van der Waals surface area (Å²) in [6.45, 7) is 1.09. The molecule has 1 heterocycles. The van der Waals surface area contributed by atoms with Crippen LogP contribution in [-0.2, 0) is 0 Å². The average molecular weight is 348 g/mol. The summed E-state index contributed by atoms with van der Waals surface area (Å²) < 4.78 is 13.0. The number of anilines is 2. The molecule has 0 aromatic heterocycles. The normalized spacial score (nSPS) is 13.8. The van der Waals surface area contributed by atoms with Gasteiger partial charge in [-0.2, -0.15) is 0 Å². The van der Waals surface area contributed by atoms with Crippen LogP contribution in [0.2, 0.25) is 5.02 Å². The second-order valence-electron chi connectivity index (χ2n) is 5.39. The van der Waals surface area contributed by atoms with Crippen molar-refractivity contribution in [1.82, 2.24) is 5.32 Å². The highest BCUT2D eigenvalue weighted by atomic mass is 35.5. The van der Waals surface area contributed by atoms with Gasteiger partial charge in [-0.05, 0) is 42.5 Å². The van der Waals surface area contributed by atoms with Crippen LogP contribution in [0.3, 0.4) is 0 Å². The average Bonchev–Trinajstić information content (AvgIpc) is 3.01. The van der Waals surface area contributed by atoms with Crippen LogP contribution in [0.25, 0.3) is 0 Å². The highest BCUT2D eigenvalue weighted by Crippen LogP contribution is 2.27. The minimum Gasteiger partial charge on any atom is -0.336 e. The fraction of sp³-hybridized carbons (Fsp3) is 0.176. The van der Waals surface area contributed by atoms with Crippen molar-refractivity contribution in [2.75, 3.05) is 29.9 Å². The van der Waals surface area contributed by atoms with Gasteiger partial charge in [0.15, 0.2) is 0 Å². The zero-order valence-corrected chi connectivity index (χ0v) is 13.7. The second kappa shape index (κ2) is 6.49. The maximum atomic E-state index is 13.0. The number of halogens is 2. The van der Waals surface area contributed by atoms with E-state index in [2.05, 4.69) is 5.32 Å². The van der Waals surface area contributed by atoms with Gasteiger partial charge in [-0.1, -0.05) is 11.6 Å². The maximum Gasteiger partial charge on any atom is 0.321 e. The van der Waals surface area contributed by atoms with E-state index < -0.39 is 0 Å². The van der Waals surface area contributed by atoms with Crippen molar-refractivity contribution in [1.29, 1.82) is 0 Å². The molecular weight excluding hydrogens is 333 g/mol. The Morgan fingerprint density at radius 3 is 2.58 bits per heavy atom. The first-order valence-electron chi connectivity index (χ1n) is 7.36. The number of urea groups is 1. The lowest BCUT2D eigenvalue weighted by molar-refractivity contribution is 0.0993. The number of amides is 3. The Kier molecular flexibility index (Phi) is 4.40. The Morgan fingerprint density at radius 1 is 1.25 bits per heavy atom. The van der Waals surface area contributed by atoms with Crippen molar-refractivity contribution in [3.63, 3.8) is 0 Å². The Labute approximate surface area is 143 Å². The van der Waals surface area contributed by atoms with Crippen LogP contribution in [0.4, 0.5) is 20.6 Å². The molecule has 0 spiro atoms. The van der Waals surface area contributed by atoms with Gasteiger partial charge in [-0.3, -0.25) is 9.69 Å². The molecule has 3 amide bonds. The highest BCUT2D eigenvalue weighted by Gasteiger charge is 2.24. The number of carbonyl (C=O) groups excluding carboxylic acids is 2. The molecule has 1 aliphatic rings. The van der Waals surface area contributed by atoms with Crippen molar-refractivity contribution < 1.29 is 14.0 Å². The SMILES string of the molecule is CN(C(=O)c1cc(N2CCNC2=O)ccc1Cl)c1ccc(F)cc1. The van der Waals surface area contributed by atoms with E-state index in [1.165, 1.54) is 29.2 Å². The number of nitrogens with zero attached hydrogens (tertiary/aromatic N) is 2. The van der Waals surface area contributed by atoms with E-state index >= 15 is 0 Å². The molecule has 0 bridgehead atoms. The fourth-order valence-corrected chi connectivity index (χ4v) is 2.72. The van der Waals surface area contributed by atoms with Crippen LogP contribution in [-0.4, -0.2) is 32.1 Å². The first-order valence-corrected chi connectivity index (χ1v) is 7.74. The summed E-state index contributed by atoms with van der Waals surface area (Å²) >= 11 is 6.16. The van der Waals surface area contributed by atoms with Gasteiger partial charge in [0, 0.05) is 31.5 Å². The number of benzene rings is 2. The van der Waals surface area contributed by atoms with E-state index in [1.54, 1.807) is 30.1 Å². The van der Waals surface area contributed by atoms with Crippen LogP contribution in [0.1, 0.15) is 10.4 Å². The lowest BCUT2D eigenvalue weighted by Crippen LogP contribution is -2.29. The van der Waals surface area contributed by atoms with Gasteiger partial charge in [0.1, 0.15) is 5.82 Å². The third kappa shape index (κ3) is 3.05. The summed E-state index contributed by atoms with van der Waals surface area (Å²) in [6, 6.07) is 10.3. The molecule has 0 saturated carbocycles. The smallest absolute Gasteiger partial charge is 0.321 e. The summed E-state index contributed by atoms with van der Waals surface area (Å²) in [6.07, 6.45) is 0. The number of nitrogens with one attached hydrogen (secondary N) is 1. The quantitative estimate of drug-likeness (QED) is 0.926. The Balaban J connectivity index is 1.91. The monoisotopic (exact) mass is 347 g/mol. The Morgan fingerprint density at radius 2 is 1.96 bits per heavy atom. The van der Waals surface area contributed by atoms with Crippen LogP contribution in [0.15, 0.2) is 42.5 Å². The van der Waals surface area contributed by atoms with Gasteiger partial charge in [-0.15, -0.1) is 0 Å². The molecule has 5 nitrogen and oxygen atoms in total. The molecule has 24 heavy (non-hydrogen) atoms. The molecular formula is C17H15ClFN3O2. The Bertz CT molecular complexity index is 795. The van der Waals surface area contributed by atoms with Crippen molar-refractivity contribution in [3.8, 4) is 0 Å². The number of carbonyl (C=O) groups is 2. The second-order valence-corrected chi connectivity index (χ2v) is 5.80. The number of hydrogen-bond donors (Lipinski definition) is 1. The molecule has 1 aliphatic heterocycles. The standard InChI is InChI=1S/C17H15ClFN3O2/c1-21(12-4-2-11(19)3-5-12)16(23)14-10-13(6-7-15(14)18)22-9-8-20-17(22)24/h2-7,10H,8-9H2,1H3,(H,20,24). The van der Waals surface area contributed by atoms with E-state index in [-0.39, 0.29) is 28.3 Å².